The molecule has 1 aromatic carbocycles. The molecule has 0 saturated heterocycles. The van der Waals surface area contributed by atoms with Gasteiger partial charge in [-0.15, -0.1) is 5.10 Å². The van der Waals surface area contributed by atoms with E-state index >= 15 is 0 Å². The molecule has 2 N–H and O–H groups in total. The zero-order valence-electron chi connectivity index (χ0n) is 8.79. The highest BCUT2D eigenvalue weighted by molar-refractivity contribution is 9.10. The van der Waals surface area contributed by atoms with Crippen molar-refractivity contribution < 1.29 is 9.18 Å². The zero-order chi connectivity index (χ0) is 12.4. The maximum absolute atomic E-state index is 13.0. The Balaban J connectivity index is 2.22. The summed E-state index contributed by atoms with van der Waals surface area (Å²) in [5, 5.41) is 8.80. The predicted molar refractivity (Wildman–Crippen MR) is 63.2 cm³/mol. The summed E-state index contributed by atoms with van der Waals surface area (Å²) in [4.78, 5) is 15.7. The van der Waals surface area contributed by atoms with Crippen molar-refractivity contribution >= 4 is 27.8 Å². The van der Waals surface area contributed by atoms with E-state index in [0.717, 1.165) is 6.07 Å². The van der Waals surface area contributed by atoms with Gasteiger partial charge in [0.05, 0.1) is 5.56 Å². The van der Waals surface area contributed by atoms with Crippen LogP contribution >= 0.6 is 15.9 Å². The minimum absolute atomic E-state index is 0.156. The number of benzene rings is 1. The maximum Gasteiger partial charge on any atom is 0.259 e. The highest BCUT2D eigenvalue weighted by Gasteiger charge is 2.13. The van der Waals surface area contributed by atoms with Crippen molar-refractivity contribution in [1.82, 2.24) is 15.2 Å². The number of hydrogen-bond donors (Lipinski definition) is 2. The van der Waals surface area contributed by atoms with Crippen LogP contribution in [0.15, 0.2) is 22.7 Å². The Morgan fingerprint density at radius 3 is 2.94 bits per heavy atom. The van der Waals surface area contributed by atoms with Crippen molar-refractivity contribution in [2.24, 2.45) is 0 Å². The normalized spacial score (nSPS) is 10.3. The van der Waals surface area contributed by atoms with Gasteiger partial charge in [0.2, 0.25) is 5.95 Å². The first kappa shape index (κ1) is 11.7. The number of aryl methyl sites for hydroxylation is 1. The average molecular weight is 299 g/mol. The molecule has 17 heavy (non-hydrogen) atoms. The number of halogens is 2. The smallest absolute Gasteiger partial charge is 0.259 e. The van der Waals surface area contributed by atoms with Gasteiger partial charge in [-0.05, 0) is 41.1 Å². The van der Waals surface area contributed by atoms with Crippen molar-refractivity contribution in [3.05, 3.63) is 39.9 Å². The molecule has 5 nitrogen and oxygen atoms in total. The molecule has 0 spiro atoms. The van der Waals surface area contributed by atoms with Gasteiger partial charge in [-0.1, -0.05) is 0 Å². The van der Waals surface area contributed by atoms with Gasteiger partial charge in [0.15, 0.2) is 0 Å². The van der Waals surface area contributed by atoms with Gasteiger partial charge in [0, 0.05) is 4.47 Å². The quantitative estimate of drug-likeness (QED) is 0.893. The molecule has 0 unspecified atom stereocenters. The summed E-state index contributed by atoms with van der Waals surface area (Å²) in [6.45, 7) is 1.71. The molecule has 2 aromatic rings. The number of rotatable bonds is 2. The van der Waals surface area contributed by atoms with Crippen LogP contribution in [0.4, 0.5) is 10.3 Å². The fourth-order valence-corrected chi connectivity index (χ4v) is 1.67. The maximum atomic E-state index is 13.0. The van der Waals surface area contributed by atoms with E-state index in [9.17, 15) is 9.18 Å². The average Bonchev–Trinajstić information content (AvgIpc) is 2.67. The lowest BCUT2D eigenvalue weighted by Gasteiger charge is -2.03. The molecule has 2 rings (SSSR count). The monoisotopic (exact) mass is 298 g/mol. The Morgan fingerprint density at radius 1 is 1.53 bits per heavy atom. The molecule has 0 aliphatic heterocycles. The number of carbonyl (C=O) groups excluding carboxylic acids is 1. The number of carbonyl (C=O) groups is 1. The lowest BCUT2D eigenvalue weighted by molar-refractivity contribution is 0.102. The van der Waals surface area contributed by atoms with Gasteiger partial charge in [-0.3, -0.25) is 15.2 Å². The molecule has 0 fully saturated rings. The molecule has 0 atom stereocenters. The summed E-state index contributed by atoms with van der Waals surface area (Å²) in [7, 11) is 0. The number of aromatic nitrogens is 3. The minimum Gasteiger partial charge on any atom is -0.289 e. The van der Waals surface area contributed by atoms with Crippen LogP contribution < -0.4 is 5.32 Å². The third-order valence-corrected chi connectivity index (χ3v) is 2.69. The Labute approximate surface area is 105 Å². The SMILES string of the molecule is Cc1nc(NC(=O)c2cc(F)ccc2Br)n[nH]1. The largest absolute Gasteiger partial charge is 0.289 e. The third kappa shape index (κ3) is 2.68. The fourth-order valence-electron chi connectivity index (χ4n) is 1.24. The van der Waals surface area contributed by atoms with E-state index in [2.05, 4.69) is 36.4 Å². The summed E-state index contributed by atoms with van der Waals surface area (Å²) < 4.78 is 13.5. The summed E-state index contributed by atoms with van der Waals surface area (Å²) >= 11 is 3.17. The van der Waals surface area contributed by atoms with Gasteiger partial charge >= 0.3 is 0 Å². The molecule has 0 bridgehead atoms. The van der Waals surface area contributed by atoms with E-state index in [-0.39, 0.29) is 11.5 Å². The Hall–Kier alpha value is -1.76. The van der Waals surface area contributed by atoms with Crippen LogP contribution in [0.3, 0.4) is 0 Å². The van der Waals surface area contributed by atoms with Gasteiger partial charge in [-0.2, -0.15) is 4.98 Å². The van der Waals surface area contributed by atoms with Crippen LogP contribution in [-0.2, 0) is 0 Å². The second-order valence-corrected chi connectivity index (χ2v) is 4.18. The number of aromatic amines is 1. The van der Waals surface area contributed by atoms with E-state index in [1.54, 1.807) is 6.92 Å². The van der Waals surface area contributed by atoms with Gasteiger partial charge in [0.1, 0.15) is 11.6 Å². The van der Waals surface area contributed by atoms with E-state index in [1.807, 2.05) is 0 Å². The molecule has 7 heteroatoms. The molecule has 1 amide bonds. The molecule has 0 saturated carbocycles. The molecular formula is C10H8BrFN4O. The van der Waals surface area contributed by atoms with E-state index < -0.39 is 11.7 Å². The Morgan fingerprint density at radius 2 is 2.29 bits per heavy atom. The van der Waals surface area contributed by atoms with Crippen molar-refractivity contribution in [2.75, 3.05) is 5.32 Å². The summed E-state index contributed by atoms with van der Waals surface area (Å²) in [6, 6.07) is 3.87. The molecule has 1 heterocycles. The summed E-state index contributed by atoms with van der Waals surface area (Å²) in [6.07, 6.45) is 0. The van der Waals surface area contributed by atoms with Gasteiger partial charge < -0.3 is 0 Å². The topological polar surface area (TPSA) is 70.7 Å². The van der Waals surface area contributed by atoms with Gasteiger partial charge in [0.25, 0.3) is 5.91 Å². The highest BCUT2D eigenvalue weighted by Crippen LogP contribution is 2.18. The first-order valence-corrected chi connectivity index (χ1v) is 5.51. The van der Waals surface area contributed by atoms with E-state index in [1.165, 1.54) is 12.1 Å². The van der Waals surface area contributed by atoms with E-state index in [4.69, 9.17) is 0 Å². The first-order chi connectivity index (χ1) is 8.06. The number of anilines is 1. The van der Waals surface area contributed by atoms with Crippen LogP contribution in [0.5, 0.6) is 0 Å². The molecule has 0 aliphatic rings. The second-order valence-electron chi connectivity index (χ2n) is 3.32. The van der Waals surface area contributed by atoms with Crippen molar-refractivity contribution in [3.63, 3.8) is 0 Å². The van der Waals surface area contributed by atoms with Crippen LogP contribution in [-0.4, -0.2) is 21.1 Å². The highest BCUT2D eigenvalue weighted by atomic mass is 79.9. The molecule has 0 radical (unpaired) electrons. The molecule has 88 valence electrons. The number of amides is 1. The van der Waals surface area contributed by atoms with Crippen LogP contribution in [0.1, 0.15) is 16.2 Å². The standard InChI is InChI=1S/C10H8BrFN4O/c1-5-13-10(16-15-5)14-9(17)7-4-6(12)2-3-8(7)11/h2-4H,1H3,(H2,13,14,15,16,17). The summed E-state index contributed by atoms with van der Waals surface area (Å²) in [5.74, 6) is -0.220. The van der Waals surface area contributed by atoms with Crippen molar-refractivity contribution in [3.8, 4) is 0 Å². The van der Waals surface area contributed by atoms with Crippen molar-refractivity contribution in [1.29, 1.82) is 0 Å². The second kappa shape index (κ2) is 4.62. The fraction of sp³-hybridized carbons (Fsp3) is 0.100. The van der Waals surface area contributed by atoms with Crippen LogP contribution in [0, 0.1) is 12.7 Å². The van der Waals surface area contributed by atoms with Crippen LogP contribution in [0.2, 0.25) is 0 Å². The Kier molecular flexibility index (Phi) is 3.19. The number of nitrogens with one attached hydrogen (secondary N) is 2. The lowest BCUT2D eigenvalue weighted by atomic mass is 10.2. The first-order valence-electron chi connectivity index (χ1n) is 4.71. The van der Waals surface area contributed by atoms with Crippen molar-refractivity contribution in [2.45, 2.75) is 6.92 Å². The minimum atomic E-state index is -0.482. The third-order valence-electron chi connectivity index (χ3n) is 2.00. The zero-order valence-corrected chi connectivity index (χ0v) is 10.4. The van der Waals surface area contributed by atoms with Gasteiger partial charge in [-0.25, -0.2) is 4.39 Å². The molecule has 0 aliphatic carbocycles. The number of H-pyrrole nitrogens is 1. The Bertz CT molecular complexity index is 569. The molecular weight excluding hydrogens is 291 g/mol. The molecule has 1 aromatic heterocycles. The predicted octanol–water partition coefficient (Wildman–Crippen LogP) is 2.27. The lowest BCUT2D eigenvalue weighted by Crippen LogP contribution is -2.14. The summed E-state index contributed by atoms with van der Waals surface area (Å²) in [5.41, 5.74) is 0.187. The number of nitrogens with zero attached hydrogens (tertiary/aromatic N) is 2. The number of hydrogen-bond acceptors (Lipinski definition) is 3. The van der Waals surface area contributed by atoms with E-state index in [0.29, 0.717) is 10.3 Å². The van der Waals surface area contributed by atoms with Crippen LogP contribution in [0.25, 0.3) is 0 Å².